The second kappa shape index (κ2) is 6.26. The summed E-state index contributed by atoms with van der Waals surface area (Å²) in [5, 5.41) is 3.30. The number of hydrogen-bond acceptors (Lipinski definition) is 4. The zero-order valence-corrected chi connectivity index (χ0v) is 12.2. The number of amides is 1. The lowest BCUT2D eigenvalue weighted by atomic mass is 10.1. The van der Waals surface area contributed by atoms with E-state index in [0.717, 1.165) is 44.8 Å². The number of thioether (sulfide) groups is 1. The van der Waals surface area contributed by atoms with Crippen molar-refractivity contribution in [1.29, 1.82) is 0 Å². The van der Waals surface area contributed by atoms with Crippen LogP contribution in [-0.4, -0.2) is 60.2 Å². The Kier molecular flexibility index (Phi) is 4.92. The largest absolute Gasteiger partial charge is 0.368 e. The van der Waals surface area contributed by atoms with Gasteiger partial charge in [0.2, 0.25) is 5.91 Å². The van der Waals surface area contributed by atoms with Gasteiger partial charge in [-0.2, -0.15) is 11.8 Å². The van der Waals surface area contributed by atoms with Crippen molar-refractivity contribution in [2.75, 3.05) is 38.5 Å². The summed E-state index contributed by atoms with van der Waals surface area (Å²) in [6, 6.07) is 0. The lowest BCUT2D eigenvalue weighted by Crippen LogP contribution is -2.48. The molecule has 2 heterocycles. The van der Waals surface area contributed by atoms with Gasteiger partial charge < -0.3 is 15.0 Å². The molecule has 0 aromatic carbocycles. The van der Waals surface area contributed by atoms with Crippen molar-refractivity contribution in [3.63, 3.8) is 0 Å². The molecule has 0 aromatic rings. The average molecular weight is 272 g/mol. The van der Waals surface area contributed by atoms with Gasteiger partial charge in [0.15, 0.2) is 0 Å². The monoisotopic (exact) mass is 272 g/mol. The Bertz CT molecular complexity index is 291. The predicted molar refractivity (Wildman–Crippen MR) is 75.0 cm³/mol. The lowest BCUT2D eigenvalue weighted by molar-refractivity contribution is -0.139. The molecule has 1 amide bonds. The van der Waals surface area contributed by atoms with Crippen LogP contribution in [0.15, 0.2) is 0 Å². The van der Waals surface area contributed by atoms with Crippen LogP contribution in [-0.2, 0) is 9.53 Å². The summed E-state index contributed by atoms with van der Waals surface area (Å²) in [6.07, 6.45) is 2.31. The van der Waals surface area contributed by atoms with Crippen molar-refractivity contribution in [2.45, 2.75) is 37.5 Å². The van der Waals surface area contributed by atoms with Crippen LogP contribution in [0.1, 0.15) is 26.7 Å². The Morgan fingerprint density at radius 2 is 2.17 bits per heavy atom. The van der Waals surface area contributed by atoms with E-state index in [4.69, 9.17) is 4.74 Å². The van der Waals surface area contributed by atoms with Gasteiger partial charge in [-0.05, 0) is 39.8 Å². The fourth-order valence-electron chi connectivity index (χ4n) is 2.47. The van der Waals surface area contributed by atoms with Gasteiger partial charge in [0.1, 0.15) is 6.61 Å². The van der Waals surface area contributed by atoms with E-state index in [1.807, 2.05) is 16.7 Å². The molecule has 5 heteroatoms. The standard InChI is InChI=1S/C13H24N2O2S/c1-13(2)10-15(7-8-18-13)12(16)9-17-11-3-5-14-6-4-11/h11,14H,3-10H2,1-2H3. The highest BCUT2D eigenvalue weighted by atomic mass is 32.2. The van der Waals surface area contributed by atoms with Crippen LogP contribution < -0.4 is 5.32 Å². The smallest absolute Gasteiger partial charge is 0.248 e. The molecule has 0 atom stereocenters. The van der Waals surface area contributed by atoms with E-state index in [-0.39, 0.29) is 23.4 Å². The molecule has 2 rings (SSSR count). The van der Waals surface area contributed by atoms with Crippen LogP contribution in [0.2, 0.25) is 0 Å². The fourth-order valence-corrected chi connectivity index (χ4v) is 3.58. The Morgan fingerprint density at radius 1 is 1.44 bits per heavy atom. The molecule has 0 saturated carbocycles. The fraction of sp³-hybridized carbons (Fsp3) is 0.923. The van der Waals surface area contributed by atoms with Crippen molar-refractivity contribution >= 4 is 17.7 Å². The van der Waals surface area contributed by atoms with E-state index in [1.54, 1.807) is 0 Å². The van der Waals surface area contributed by atoms with Crippen molar-refractivity contribution in [1.82, 2.24) is 10.2 Å². The second-order valence-electron chi connectivity index (χ2n) is 5.68. The molecule has 2 saturated heterocycles. The predicted octanol–water partition coefficient (Wildman–Crippen LogP) is 1.11. The molecule has 2 fully saturated rings. The zero-order chi connectivity index (χ0) is 13.0. The maximum Gasteiger partial charge on any atom is 0.248 e. The van der Waals surface area contributed by atoms with Crippen LogP contribution in [0, 0.1) is 0 Å². The maximum absolute atomic E-state index is 12.1. The van der Waals surface area contributed by atoms with Gasteiger partial charge in [-0.25, -0.2) is 0 Å². The minimum Gasteiger partial charge on any atom is -0.368 e. The third-order valence-electron chi connectivity index (χ3n) is 3.51. The first-order valence-electron chi connectivity index (χ1n) is 6.81. The summed E-state index contributed by atoms with van der Waals surface area (Å²) in [5.41, 5.74) is 0. The summed E-state index contributed by atoms with van der Waals surface area (Å²) >= 11 is 1.94. The Hall–Kier alpha value is -0.260. The quantitative estimate of drug-likeness (QED) is 0.835. The molecule has 2 aliphatic rings. The van der Waals surface area contributed by atoms with Crippen LogP contribution in [0.4, 0.5) is 0 Å². The van der Waals surface area contributed by atoms with E-state index in [0.29, 0.717) is 0 Å². The van der Waals surface area contributed by atoms with E-state index >= 15 is 0 Å². The second-order valence-corrected chi connectivity index (χ2v) is 7.49. The summed E-state index contributed by atoms with van der Waals surface area (Å²) in [6.45, 7) is 8.37. The first-order chi connectivity index (χ1) is 8.57. The van der Waals surface area contributed by atoms with E-state index in [1.165, 1.54) is 0 Å². The number of carbonyl (C=O) groups excluding carboxylic acids is 1. The molecule has 0 aliphatic carbocycles. The molecule has 1 N–H and O–H groups in total. The summed E-state index contributed by atoms with van der Waals surface area (Å²) in [5.74, 6) is 1.19. The Morgan fingerprint density at radius 3 is 2.83 bits per heavy atom. The summed E-state index contributed by atoms with van der Waals surface area (Å²) in [4.78, 5) is 14.1. The zero-order valence-electron chi connectivity index (χ0n) is 11.4. The van der Waals surface area contributed by atoms with Crippen LogP contribution >= 0.6 is 11.8 Å². The minimum absolute atomic E-state index is 0.155. The van der Waals surface area contributed by atoms with Crippen LogP contribution in [0.5, 0.6) is 0 Å². The number of ether oxygens (including phenoxy) is 1. The van der Waals surface area contributed by atoms with Crippen molar-refractivity contribution < 1.29 is 9.53 Å². The van der Waals surface area contributed by atoms with Gasteiger partial charge in [0.25, 0.3) is 0 Å². The molecule has 104 valence electrons. The van der Waals surface area contributed by atoms with Gasteiger partial charge in [-0.15, -0.1) is 0 Å². The number of hydrogen-bond donors (Lipinski definition) is 1. The SMILES string of the molecule is CC1(C)CN(C(=O)COC2CCNCC2)CCS1. The van der Waals surface area contributed by atoms with Gasteiger partial charge >= 0.3 is 0 Å². The topological polar surface area (TPSA) is 41.6 Å². The van der Waals surface area contributed by atoms with Crippen LogP contribution in [0.25, 0.3) is 0 Å². The molecule has 0 bridgehead atoms. The highest BCUT2D eigenvalue weighted by Crippen LogP contribution is 2.29. The van der Waals surface area contributed by atoms with Crippen LogP contribution in [0.3, 0.4) is 0 Å². The normalized spacial score (nSPS) is 25.1. The van der Waals surface area contributed by atoms with Gasteiger partial charge in [-0.3, -0.25) is 4.79 Å². The average Bonchev–Trinajstić information content (AvgIpc) is 2.36. The van der Waals surface area contributed by atoms with Crippen molar-refractivity contribution in [2.24, 2.45) is 0 Å². The van der Waals surface area contributed by atoms with Gasteiger partial charge in [-0.1, -0.05) is 0 Å². The third-order valence-corrected chi connectivity index (χ3v) is 4.80. The highest BCUT2D eigenvalue weighted by molar-refractivity contribution is 8.00. The number of rotatable bonds is 3. The maximum atomic E-state index is 12.1. The van der Waals surface area contributed by atoms with Crippen molar-refractivity contribution in [3.05, 3.63) is 0 Å². The molecule has 0 radical (unpaired) electrons. The number of carbonyl (C=O) groups is 1. The number of nitrogens with one attached hydrogen (secondary N) is 1. The van der Waals surface area contributed by atoms with E-state index in [9.17, 15) is 4.79 Å². The van der Waals surface area contributed by atoms with Gasteiger partial charge in [0.05, 0.1) is 6.10 Å². The molecular formula is C13H24N2O2S. The molecule has 0 unspecified atom stereocenters. The molecule has 0 spiro atoms. The lowest BCUT2D eigenvalue weighted by Gasteiger charge is -2.37. The first kappa shape index (κ1) is 14.2. The minimum atomic E-state index is 0.155. The number of piperidine rings is 1. The molecule has 18 heavy (non-hydrogen) atoms. The Labute approximate surface area is 114 Å². The van der Waals surface area contributed by atoms with E-state index < -0.39 is 0 Å². The van der Waals surface area contributed by atoms with Crippen molar-refractivity contribution in [3.8, 4) is 0 Å². The van der Waals surface area contributed by atoms with Gasteiger partial charge in [0, 0.05) is 23.6 Å². The molecule has 2 aliphatic heterocycles. The summed E-state index contributed by atoms with van der Waals surface area (Å²) in [7, 11) is 0. The first-order valence-corrected chi connectivity index (χ1v) is 7.79. The molecule has 4 nitrogen and oxygen atoms in total. The highest BCUT2D eigenvalue weighted by Gasteiger charge is 2.30. The van der Waals surface area contributed by atoms with E-state index in [2.05, 4.69) is 19.2 Å². The number of nitrogens with zero attached hydrogens (tertiary/aromatic N) is 1. The molecule has 0 aromatic heterocycles. The molecular weight excluding hydrogens is 248 g/mol. The Balaban J connectivity index is 1.73. The third kappa shape index (κ3) is 4.14. The summed E-state index contributed by atoms with van der Waals surface area (Å²) < 4.78 is 5.91.